The number of hydrogen-bond donors (Lipinski definition) is 0. The van der Waals surface area contributed by atoms with Crippen LogP contribution in [0.3, 0.4) is 0 Å². The van der Waals surface area contributed by atoms with Gasteiger partial charge in [0.05, 0.1) is 24.5 Å². The summed E-state index contributed by atoms with van der Waals surface area (Å²) in [6, 6.07) is 5.22. The van der Waals surface area contributed by atoms with Crippen molar-refractivity contribution in [3.05, 3.63) is 47.8 Å². The first kappa shape index (κ1) is 28.1. The molecule has 4 heterocycles. The first-order valence-corrected chi connectivity index (χ1v) is 14.6. The van der Waals surface area contributed by atoms with Crippen LogP contribution in [0.2, 0.25) is 0 Å². The third kappa shape index (κ3) is 6.02. The zero-order valence-corrected chi connectivity index (χ0v) is 23.4. The summed E-state index contributed by atoms with van der Waals surface area (Å²) in [5, 5.41) is 7.87. The van der Waals surface area contributed by atoms with Crippen LogP contribution in [0, 0.1) is 6.92 Å². The minimum Gasteiger partial charge on any atom is -0.481 e. The van der Waals surface area contributed by atoms with Gasteiger partial charge >= 0.3 is 0 Å². The Hall–Kier alpha value is -2.96. The van der Waals surface area contributed by atoms with E-state index in [4.69, 9.17) is 14.2 Å². The average Bonchev–Trinajstić information content (AvgIpc) is 3.33. The zero-order chi connectivity index (χ0) is 27.3. The van der Waals surface area contributed by atoms with Gasteiger partial charge in [0.1, 0.15) is 23.4 Å². The zero-order valence-electron chi connectivity index (χ0n) is 22.6. The smallest absolute Gasteiger partial charge is 0.213 e. The summed E-state index contributed by atoms with van der Waals surface area (Å²) in [7, 11) is -0.766. The lowest BCUT2D eigenvalue weighted by Gasteiger charge is -2.32. The van der Waals surface area contributed by atoms with E-state index in [0.717, 1.165) is 24.8 Å². The van der Waals surface area contributed by atoms with Crippen LogP contribution < -0.4 is 4.74 Å². The van der Waals surface area contributed by atoms with Gasteiger partial charge in [-0.3, -0.25) is 0 Å². The Morgan fingerprint density at radius 1 is 1.16 bits per heavy atom. The van der Waals surface area contributed by atoms with E-state index in [0.29, 0.717) is 42.1 Å². The third-order valence-corrected chi connectivity index (χ3v) is 9.00. The number of aromatic nitrogens is 6. The summed E-state index contributed by atoms with van der Waals surface area (Å²) in [4.78, 5) is 13.1. The van der Waals surface area contributed by atoms with Gasteiger partial charge < -0.3 is 18.8 Å². The van der Waals surface area contributed by atoms with Gasteiger partial charge in [0, 0.05) is 32.2 Å². The number of sulfone groups is 1. The highest BCUT2D eigenvalue weighted by Crippen LogP contribution is 2.33. The molecular weight excluding hydrogens is 508 g/mol. The lowest BCUT2D eigenvalue weighted by Crippen LogP contribution is -2.33. The molecule has 0 amide bonds. The largest absolute Gasteiger partial charge is 0.481 e. The van der Waals surface area contributed by atoms with E-state index >= 15 is 0 Å². The van der Waals surface area contributed by atoms with E-state index in [2.05, 4.69) is 32.1 Å². The molecule has 0 N–H and O–H groups in total. The number of methoxy groups -OCH3 is 2. The highest BCUT2D eigenvalue weighted by molar-refractivity contribution is 7.91. The van der Waals surface area contributed by atoms with E-state index in [-0.39, 0.29) is 17.9 Å². The molecule has 12 heteroatoms. The van der Waals surface area contributed by atoms with Crippen molar-refractivity contribution in [1.29, 1.82) is 0 Å². The molecule has 206 valence electrons. The molecule has 38 heavy (non-hydrogen) atoms. The minimum absolute atomic E-state index is 0.0827. The van der Waals surface area contributed by atoms with Crippen LogP contribution in [0.25, 0.3) is 11.5 Å². The number of ether oxygens (including phenoxy) is 3. The summed E-state index contributed by atoms with van der Waals surface area (Å²) < 4.78 is 46.4. The fourth-order valence-electron chi connectivity index (χ4n) is 4.84. The van der Waals surface area contributed by atoms with Crippen molar-refractivity contribution in [3.63, 3.8) is 0 Å². The summed E-state index contributed by atoms with van der Waals surface area (Å²) in [5.41, 5.74) is 1.42. The molecule has 0 aromatic carbocycles. The number of aryl methyl sites for hydroxylation is 1. The third-order valence-electron chi connectivity index (χ3n) is 6.95. The van der Waals surface area contributed by atoms with Crippen molar-refractivity contribution in [2.24, 2.45) is 0 Å². The lowest BCUT2D eigenvalue weighted by atomic mass is 9.99. The number of hydrogen-bond acceptors (Lipinski definition) is 10. The molecule has 1 fully saturated rings. The number of nitrogens with zero attached hydrogens (tertiary/aromatic N) is 6. The Bertz CT molecular complexity index is 1310. The molecule has 0 saturated carbocycles. The molecule has 1 aliphatic heterocycles. The maximum atomic E-state index is 13.7. The quantitative estimate of drug-likeness (QED) is 0.352. The Morgan fingerprint density at radius 2 is 1.92 bits per heavy atom. The van der Waals surface area contributed by atoms with Gasteiger partial charge in [0.25, 0.3) is 0 Å². The first-order valence-electron chi connectivity index (χ1n) is 12.9. The maximum Gasteiger partial charge on any atom is 0.213 e. The van der Waals surface area contributed by atoms with Crippen LogP contribution >= 0.6 is 0 Å². The Kier molecular flexibility index (Phi) is 9.06. The molecule has 1 aliphatic rings. The van der Waals surface area contributed by atoms with E-state index in [1.807, 2.05) is 23.6 Å². The molecule has 0 aliphatic carbocycles. The van der Waals surface area contributed by atoms with Gasteiger partial charge in [-0.2, -0.15) is 0 Å². The first-order chi connectivity index (χ1) is 18.3. The summed E-state index contributed by atoms with van der Waals surface area (Å²) in [6.45, 7) is 6.21. The maximum absolute atomic E-state index is 13.7. The van der Waals surface area contributed by atoms with Crippen molar-refractivity contribution < 1.29 is 22.6 Å². The van der Waals surface area contributed by atoms with Crippen molar-refractivity contribution in [1.82, 2.24) is 29.7 Å². The topological polar surface area (TPSA) is 131 Å². The Balaban J connectivity index is 1.73. The predicted octanol–water partition coefficient (Wildman–Crippen LogP) is 3.66. The Labute approximate surface area is 223 Å². The molecule has 11 nitrogen and oxygen atoms in total. The summed E-state index contributed by atoms with van der Waals surface area (Å²) in [5.74, 6) is 1.23. The SMILES string of the molecule is CC[C@@H]([C@H]1CCCCO1)n1c(CS(=O)(=O)[C@@H](C)[C@H](OC)c2ncc(C)cn2)nnc1-c1cccc(OC)n1. The summed E-state index contributed by atoms with van der Waals surface area (Å²) >= 11 is 0. The molecule has 0 spiro atoms. The molecule has 3 aromatic rings. The molecule has 3 aromatic heterocycles. The predicted molar refractivity (Wildman–Crippen MR) is 141 cm³/mol. The highest BCUT2D eigenvalue weighted by atomic mass is 32.2. The van der Waals surface area contributed by atoms with Crippen LogP contribution in [-0.4, -0.2) is 70.3 Å². The van der Waals surface area contributed by atoms with Gasteiger partial charge in [-0.1, -0.05) is 13.0 Å². The van der Waals surface area contributed by atoms with Gasteiger partial charge in [-0.25, -0.2) is 23.4 Å². The second-order valence-corrected chi connectivity index (χ2v) is 11.9. The summed E-state index contributed by atoms with van der Waals surface area (Å²) in [6.07, 6.45) is 6.02. The Morgan fingerprint density at radius 3 is 2.55 bits per heavy atom. The average molecular weight is 545 g/mol. The van der Waals surface area contributed by atoms with Gasteiger partial charge in [0.15, 0.2) is 21.5 Å². The fraction of sp³-hybridized carbons (Fsp3) is 0.577. The monoisotopic (exact) mass is 544 g/mol. The van der Waals surface area contributed by atoms with E-state index in [9.17, 15) is 8.42 Å². The van der Waals surface area contributed by atoms with Gasteiger partial charge in [-0.05, 0) is 51.2 Å². The minimum atomic E-state index is -3.77. The van der Waals surface area contributed by atoms with E-state index < -0.39 is 21.2 Å². The fourth-order valence-corrected chi connectivity index (χ4v) is 6.26. The molecule has 1 saturated heterocycles. The molecule has 0 radical (unpaired) electrons. The second kappa shape index (κ2) is 12.3. The van der Waals surface area contributed by atoms with Crippen molar-refractivity contribution in [2.75, 3.05) is 20.8 Å². The van der Waals surface area contributed by atoms with Crippen molar-refractivity contribution in [3.8, 4) is 17.4 Å². The standard InChI is InChI=1S/C26H36N6O5S/c1-6-20(21-11-7-8-13-37-21)32-22(30-31-26(32)19-10-9-12-23(29-19)35-4)16-38(33,34)18(3)24(36-5)25-27-14-17(2)15-28-25/h9-10,12,14-15,18,20-21,24H,6-8,11,13,16H2,1-5H3/t18-,20-,21+,24-/m0/s1. The van der Waals surface area contributed by atoms with E-state index in [1.165, 1.54) is 7.11 Å². The second-order valence-electron chi connectivity index (χ2n) is 9.54. The molecule has 0 bridgehead atoms. The molecule has 4 atom stereocenters. The van der Waals surface area contributed by atoms with Crippen LogP contribution in [0.15, 0.2) is 30.6 Å². The van der Waals surface area contributed by atoms with Crippen LogP contribution in [0.4, 0.5) is 0 Å². The number of rotatable bonds is 11. The highest BCUT2D eigenvalue weighted by Gasteiger charge is 2.36. The van der Waals surface area contributed by atoms with Gasteiger partial charge in [0.2, 0.25) is 5.88 Å². The van der Waals surface area contributed by atoms with Crippen LogP contribution in [0.5, 0.6) is 5.88 Å². The van der Waals surface area contributed by atoms with Crippen LogP contribution in [0.1, 0.15) is 68.9 Å². The van der Waals surface area contributed by atoms with Crippen molar-refractivity contribution >= 4 is 9.84 Å². The van der Waals surface area contributed by atoms with Crippen LogP contribution in [-0.2, 0) is 25.1 Å². The normalized spacial score (nSPS) is 18.6. The molecule has 0 unspecified atom stereocenters. The van der Waals surface area contributed by atoms with Crippen molar-refractivity contribution in [2.45, 2.75) is 75.7 Å². The molecule has 4 rings (SSSR count). The molecular formula is C26H36N6O5S. The van der Waals surface area contributed by atoms with Gasteiger partial charge in [-0.15, -0.1) is 10.2 Å². The lowest BCUT2D eigenvalue weighted by molar-refractivity contribution is -0.0179. The number of pyridine rings is 1. The van der Waals surface area contributed by atoms with E-state index in [1.54, 1.807) is 32.5 Å².